The van der Waals surface area contributed by atoms with E-state index in [1.54, 1.807) is 0 Å². The Bertz CT molecular complexity index is 353. The highest BCUT2D eigenvalue weighted by atomic mass is 127. The average Bonchev–Trinajstić information content (AvgIpc) is 2.31. The lowest BCUT2D eigenvalue weighted by Gasteiger charge is -2.23. The van der Waals surface area contributed by atoms with E-state index in [1.165, 1.54) is 0 Å². The van der Waals surface area contributed by atoms with Crippen molar-refractivity contribution in [2.75, 3.05) is 0 Å². The number of carbonyl (C=O) groups is 1. The Kier molecular flexibility index (Phi) is 4.92. The minimum atomic E-state index is -1.15. The third kappa shape index (κ3) is 3.28. The molecule has 0 aliphatic rings. The predicted octanol–water partition coefficient (Wildman–Crippen LogP) is 2.95. The minimum absolute atomic E-state index is 0.0845. The number of rotatable bonds is 5. The first-order valence-corrected chi connectivity index (χ1v) is 6.60. The van der Waals surface area contributed by atoms with E-state index in [0.29, 0.717) is 19.3 Å². The fraction of sp³-hybridized carbons (Fsp3) is 0.462. The summed E-state index contributed by atoms with van der Waals surface area (Å²) in [6.45, 7) is 3.69. The number of benzene rings is 1. The Morgan fingerprint density at radius 1 is 1.25 bits per heavy atom. The zero-order chi connectivity index (χ0) is 12.2. The molecule has 0 aliphatic heterocycles. The van der Waals surface area contributed by atoms with Crippen LogP contribution in [-0.2, 0) is 11.2 Å². The van der Waals surface area contributed by atoms with Crippen molar-refractivity contribution < 1.29 is 9.90 Å². The maximum Gasteiger partial charge on any atom is 0.168 e. The lowest BCUT2D eigenvalue weighted by atomic mass is 9.88. The van der Waals surface area contributed by atoms with Crippen LogP contribution in [0, 0.1) is 3.57 Å². The van der Waals surface area contributed by atoms with Crippen LogP contribution in [0.1, 0.15) is 32.3 Å². The van der Waals surface area contributed by atoms with Gasteiger partial charge < -0.3 is 5.11 Å². The Morgan fingerprint density at radius 2 is 1.75 bits per heavy atom. The highest BCUT2D eigenvalue weighted by Gasteiger charge is 2.30. The van der Waals surface area contributed by atoms with Crippen LogP contribution in [-0.4, -0.2) is 16.5 Å². The van der Waals surface area contributed by atoms with Gasteiger partial charge in [0.1, 0.15) is 5.60 Å². The van der Waals surface area contributed by atoms with E-state index in [0.717, 1.165) is 9.13 Å². The van der Waals surface area contributed by atoms with Crippen molar-refractivity contribution in [2.45, 2.75) is 38.7 Å². The summed E-state index contributed by atoms with van der Waals surface area (Å²) in [5.41, 5.74) is -0.186. The molecular weight excluding hydrogens is 315 g/mol. The molecule has 0 fully saturated rings. The molecule has 0 spiro atoms. The number of ketones is 1. The molecule has 1 rings (SSSR count). The third-order valence-corrected chi connectivity index (χ3v) is 3.69. The number of Topliss-reactive ketones (excluding diaryl/α,β-unsaturated/α-hetero) is 1. The van der Waals surface area contributed by atoms with Gasteiger partial charge in [0.2, 0.25) is 0 Å². The highest BCUT2D eigenvalue weighted by molar-refractivity contribution is 14.1. The molecular formula is C13H17IO2. The van der Waals surface area contributed by atoms with E-state index in [2.05, 4.69) is 22.6 Å². The Labute approximate surface area is 110 Å². The average molecular weight is 332 g/mol. The summed E-state index contributed by atoms with van der Waals surface area (Å²) in [4.78, 5) is 11.9. The molecule has 3 heteroatoms. The van der Waals surface area contributed by atoms with Crippen molar-refractivity contribution in [2.24, 2.45) is 0 Å². The molecule has 1 aromatic rings. The quantitative estimate of drug-likeness (QED) is 0.842. The first kappa shape index (κ1) is 13.6. The van der Waals surface area contributed by atoms with Crippen molar-refractivity contribution in [1.82, 2.24) is 0 Å². The first-order valence-electron chi connectivity index (χ1n) is 5.52. The van der Waals surface area contributed by atoms with Crippen molar-refractivity contribution in [3.05, 3.63) is 33.4 Å². The molecule has 2 nitrogen and oxygen atoms in total. The third-order valence-electron chi connectivity index (χ3n) is 2.97. The molecule has 88 valence electrons. The molecule has 0 amide bonds. The van der Waals surface area contributed by atoms with Gasteiger partial charge in [-0.3, -0.25) is 4.79 Å². The molecule has 0 saturated heterocycles. The standard InChI is InChI=1S/C13H17IO2/c1-3-13(16,4-2)12(15)9-10-5-7-11(14)8-6-10/h5-8,16H,3-4,9H2,1-2H3. The molecule has 0 saturated carbocycles. The summed E-state index contributed by atoms with van der Waals surface area (Å²) >= 11 is 2.23. The van der Waals surface area contributed by atoms with E-state index >= 15 is 0 Å². The Hall–Kier alpha value is -0.420. The van der Waals surface area contributed by atoms with Crippen LogP contribution in [0.4, 0.5) is 0 Å². The fourth-order valence-electron chi connectivity index (χ4n) is 1.60. The van der Waals surface area contributed by atoms with E-state index in [4.69, 9.17) is 0 Å². The molecule has 1 aromatic carbocycles. The van der Waals surface area contributed by atoms with Gasteiger partial charge in [-0.15, -0.1) is 0 Å². The second kappa shape index (κ2) is 5.77. The molecule has 0 bridgehead atoms. The van der Waals surface area contributed by atoms with Crippen LogP contribution >= 0.6 is 22.6 Å². The summed E-state index contributed by atoms with van der Waals surface area (Å²) in [6, 6.07) is 7.82. The van der Waals surface area contributed by atoms with E-state index < -0.39 is 5.60 Å². The number of halogens is 1. The summed E-state index contributed by atoms with van der Waals surface area (Å²) in [5, 5.41) is 10.1. The SMILES string of the molecule is CCC(O)(CC)C(=O)Cc1ccc(I)cc1. The monoisotopic (exact) mass is 332 g/mol. The molecule has 0 unspecified atom stereocenters. The van der Waals surface area contributed by atoms with Gasteiger partial charge in [0, 0.05) is 9.99 Å². The summed E-state index contributed by atoms with van der Waals surface area (Å²) < 4.78 is 1.15. The second-order valence-electron chi connectivity index (χ2n) is 3.97. The van der Waals surface area contributed by atoms with Crippen LogP contribution in [0.2, 0.25) is 0 Å². The van der Waals surface area contributed by atoms with Gasteiger partial charge in [0.05, 0.1) is 0 Å². The smallest absolute Gasteiger partial charge is 0.168 e. The van der Waals surface area contributed by atoms with Crippen molar-refractivity contribution in [3.8, 4) is 0 Å². The lowest BCUT2D eigenvalue weighted by Crippen LogP contribution is -2.38. The van der Waals surface area contributed by atoms with E-state index in [9.17, 15) is 9.90 Å². The zero-order valence-corrected chi connectivity index (χ0v) is 11.8. The number of hydrogen-bond donors (Lipinski definition) is 1. The number of carbonyl (C=O) groups excluding carboxylic acids is 1. The molecule has 16 heavy (non-hydrogen) atoms. The minimum Gasteiger partial charge on any atom is -0.382 e. The van der Waals surface area contributed by atoms with Crippen molar-refractivity contribution >= 4 is 28.4 Å². The highest BCUT2D eigenvalue weighted by Crippen LogP contribution is 2.19. The van der Waals surface area contributed by atoms with Crippen LogP contribution in [0.5, 0.6) is 0 Å². The summed E-state index contributed by atoms with van der Waals surface area (Å²) in [5.74, 6) is -0.0845. The molecule has 0 aliphatic carbocycles. The summed E-state index contributed by atoms with van der Waals surface area (Å²) in [7, 11) is 0. The van der Waals surface area contributed by atoms with Gasteiger partial charge in [-0.25, -0.2) is 0 Å². The fourth-order valence-corrected chi connectivity index (χ4v) is 1.96. The maximum absolute atomic E-state index is 11.9. The molecule has 0 aromatic heterocycles. The Balaban J connectivity index is 2.74. The molecule has 0 radical (unpaired) electrons. The largest absolute Gasteiger partial charge is 0.382 e. The molecule has 1 N–H and O–H groups in total. The number of hydrogen-bond acceptors (Lipinski definition) is 2. The van der Waals surface area contributed by atoms with Crippen LogP contribution < -0.4 is 0 Å². The van der Waals surface area contributed by atoms with Crippen molar-refractivity contribution in [3.63, 3.8) is 0 Å². The Morgan fingerprint density at radius 3 is 2.19 bits per heavy atom. The first-order chi connectivity index (χ1) is 7.51. The molecule has 0 atom stereocenters. The van der Waals surface area contributed by atoms with Crippen LogP contribution in [0.3, 0.4) is 0 Å². The van der Waals surface area contributed by atoms with Gasteiger partial charge in [-0.2, -0.15) is 0 Å². The normalized spacial score (nSPS) is 11.5. The predicted molar refractivity (Wildman–Crippen MR) is 73.4 cm³/mol. The van der Waals surface area contributed by atoms with Crippen molar-refractivity contribution in [1.29, 1.82) is 0 Å². The molecule has 0 heterocycles. The second-order valence-corrected chi connectivity index (χ2v) is 5.21. The van der Waals surface area contributed by atoms with Gasteiger partial charge >= 0.3 is 0 Å². The zero-order valence-electron chi connectivity index (χ0n) is 9.66. The van der Waals surface area contributed by atoms with Crippen LogP contribution in [0.25, 0.3) is 0 Å². The van der Waals surface area contributed by atoms with Gasteiger partial charge in [0.15, 0.2) is 5.78 Å². The summed E-state index contributed by atoms with van der Waals surface area (Å²) in [6.07, 6.45) is 1.27. The van der Waals surface area contributed by atoms with Gasteiger partial charge in [-0.1, -0.05) is 26.0 Å². The van der Waals surface area contributed by atoms with Gasteiger partial charge in [0.25, 0.3) is 0 Å². The lowest BCUT2D eigenvalue weighted by molar-refractivity contribution is -0.137. The number of aliphatic hydroxyl groups is 1. The van der Waals surface area contributed by atoms with E-state index in [1.807, 2.05) is 38.1 Å². The topological polar surface area (TPSA) is 37.3 Å². The van der Waals surface area contributed by atoms with Crippen LogP contribution in [0.15, 0.2) is 24.3 Å². The van der Waals surface area contributed by atoms with Gasteiger partial charge in [-0.05, 0) is 53.1 Å². The maximum atomic E-state index is 11.9. The van der Waals surface area contributed by atoms with E-state index in [-0.39, 0.29) is 5.78 Å².